The zero-order chi connectivity index (χ0) is 37.5. The SMILES string of the molecule is c1ccc(-c2c3ccccc3c(-c3ccc4oc5c(-c6c7ccccc7c(-c7ccc8ccccc8c7)c7ccccc67)cccc5c4c3)c3ccccc23)cc1. The van der Waals surface area contributed by atoms with Crippen molar-refractivity contribution in [3.05, 3.63) is 206 Å². The minimum Gasteiger partial charge on any atom is -0.455 e. The quantitative estimate of drug-likeness (QED) is 0.165. The summed E-state index contributed by atoms with van der Waals surface area (Å²) in [6, 6.07) is 75.1. The average Bonchev–Trinajstić information content (AvgIpc) is 3.66. The van der Waals surface area contributed by atoms with Crippen LogP contribution in [0.5, 0.6) is 0 Å². The minimum absolute atomic E-state index is 0.886. The number of fused-ring (bicyclic) bond motifs is 8. The third kappa shape index (κ3) is 4.83. The standard InChI is InChI=1S/C56H34O/c1-2-16-36(17-3-1)52-40-19-6-8-21-42(40)54(43-22-9-7-20-41(43)52)39-31-32-51-50(34-39)48-27-14-28-49(56(48)57-51)55-46-25-12-10-23-44(46)53(45-24-11-13-26-47(45)55)38-30-29-35-15-4-5-18-37(35)33-38/h1-34H. The second kappa shape index (κ2) is 12.5. The van der Waals surface area contributed by atoms with Gasteiger partial charge in [0.15, 0.2) is 0 Å². The van der Waals surface area contributed by atoms with Crippen molar-refractivity contribution in [2.75, 3.05) is 0 Å². The molecular weight excluding hydrogens is 689 g/mol. The molecule has 0 radical (unpaired) electrons. The van der Waals surface area contributed by atoms with Gasteiger partial charge in [0.25, 0.3) is 0 Å². The molecule has 12 aromatic rings. The van der Waals surface area contributed by atoms with Crippen molar-refractivity contribution in [1.29, 1.82) is 0 Å². The van der Waals surface area contributed by atoms with Gasteiger partial charge in [-0.05, 0) is 105 Å². The highest BCUT2D eigenvalue weighted by molar-refractivity contribution is 6.25. The molecule has 0 aliphatic rings. The van der Waals surface area contributed by atoms with E-state index in [4.69, 9.17) is 4.42 Å². The number of hydrogen-bond acceptors (Lipinski definition) is 1. The van der Waals surface area contributed by atoms with E-state index in [1.807, 2.05) is 0 Å². The molecule has 0 fully saturated rings. The highest BCUT2D eigenvalue weighted by Crippen LogP contribution is 2.48. The summed E-state index contributed by atoms with van der Waals surface area (Å²) >= 11 is 0. The fourth-order valence-electron chi connectivity index (χ4n) is 9.58. The van der Waals surface area contributed by atoms with Crippen molar-refractivity contribution in [2.45, 2.75) is 0 Å². The molecule has 0 saturated heterocycles. The van der Waals surface area contributed by atoms with E-state index >= 15 is 0 Å². The van der Waals surface area contributed by atoms with Crippen LogP contribution >= 0.6 is 0 Å². The molecule has 1 nitrogen and oxygen atoms in total. The lowest BCUT2D eigenvalue weighted by Crippen LogP contribution is -1.91. The van der Waals surface area contributed by atoms with Gasteiger partial charge in [0.05, 0.1) is 0 Å². The Morgan fingerprint density at radius 3 is 1.26 bits per heavy atom. The van der Waals surface area contributed by atoms with Crippen LogP contribution in [-0.4, -0.2) is 0 Å². The van der Waals surface area contributed by atoms with Crippen LogP contribution < -0.4 is 0 Å². The lowest BCUT2D eigenvalue weighted by molar-refractivity contribution is 0.670. The Morgan fingerprint density at radius 2 is 0.684 bits per heavy atom. The molecule has 0 N–H and O–H groups in total. The Labute approximate surface area is 329 Å². The molecule has 0 unspecified atom stereocenters. The lowest BCUT2D eigenvalue weighted by atomic mass is 9.85. The maximum absolute atomic E-state index is 6.94. The van der Waals surface area contributed by atoms with E-state index in [2.05, 4.69) is 206 Å². The predicted octanol–water partition coefficient (Wildman–Crippen LogP) is 16.0. The molecule has 0 amide bonds. The van der Waals surface area contributed by atoms with Gasteiger partial charge < -0.3 is 4.42 Å². The fourth-order valence-corrected chi connectivity index (χ4v) is 9.58. The van der Waals surface area contributed by atoms with Crippen LogP contribution in [0.15, 0.2) is 211 Å². The fraction of sp³-hybridized carbons (Fsp3) is 0. The molecule has 0 aliphatic carbocycles. The van der Waals surface area contributed by atoms with E-state index in [0.717, 1.165) is 27.5 Å². The summed E-state index contributed by atoms with van der Waals surface area (Å²) in [4.78, 5) is 0. The van der Waals surface area contributed by atoms with Crippen LogP contribution in [0.3, 0.4) is 0 Å². The Hall–Kier alpha value is -7.48. The molecule has 1 heterocycles. The number of para-hydroxylation sites is 1. The van der Waals surface area contributed by atoms with E-state index in [9.17, 15) is 0 Å². The van der Waals surface area contributed by atoms with Crippen LogP contribution in [0.25, 0.3) is 120 Å². The second-order valence-corrected chi connectivity index (χ2v) is 15.1. The molecule has 0 bridgehead atoms. The molecule has 1 aromatic heterocycles. The zero-order valence-electron chi connectivity index (χ0n) is 31.0. The topological polar surface area (TPSA) is 13.1 Å². The van der Waals surface area contributed by atoms with E-state index in [0.29, 0.717) is 0 Å². The van der Waals surface area contributed by atoms with E-state index in [1.54, 1.807) is 0 Å². The Kier molecular flexibility index (Phi) is 7.00. The zero-order valence-corrected chi connectivity index (χ0v) is 31.0. The van der Waals surface area contributed by atoms with Crippen LogP contribution in [0, 0.1) is 0 Å². The van der Waals surface area contributed by atoms with E-state index in [-0.39, 0.29) is 0 Å². The van der Waals surface area contributed by atoms with Gasteiger partial charge in [-0.1, -0.05) is 188 Å². The third-order valence-electron chi connectivity index (χ3n) is 12.0. The highest BCUT2D eigenvalue weighted by atomic mass is 16.3. The van der Waals surface area contributed by atoms with Gasteiger partial charge in [-0.2, -0.15) is 0 Å². The Morgan fingerprint density at radius 1 is 0.246 bits per heavy atom. The van der Waals surface area contributed by atoms with Crippen LogP contribution in [-0.2, 0) is 0 Å². The first-order valence-corrected chi connectivity index (χ1v) is 19.7. The van der Waals surface area contributed by atoms with Gasteiger partial charge >= 0.3 is 0 Å². The summed E-state index contributed by atoms with van der Waals surface area (Å²) in [5, 5.41) is 14.6. The maximum Gasteiger partial charge on any atom is 0.143 e. The lowest BCUT2D eigenvalue weighted by Gasteiger charge is -2.18. The molecule has 12 rings (SSSR count). The summed E-state index contributed by atoms with van der Waals surface area (Å²) in [6.07, 6.45) is 0. The molecule has 0 saturated carbocycles. The number of rotatable bonds is 4. The summed E-state index contributed by atoms with van der Waals surface area (Å²) in [7, 11) is 0. The summed E-state index contributed by atoms with van der Waals surface area (Å²) in [5.74, 6) is 0. The second-order valence-electron chi connectivity index (χ2n) is 15.1. The number of hydrogen-bond donors (Lipinski definition) is 0. The highest BCUT2D eigenvalue weighted by Gasteiger charge is 2.22. The molecular formula is C56H34O. The predicted molar refractivity (Wildman–Crippen MR) is 243 cm³/mol. The minimum atomic E-state index is 0.886. The summed E-state index contributed by atoms with van der Waals surface area (Å²) in [6.45, 7) is 0. The maximum atomic E-state index is 6.94. The molecule has 0 atom stereocenters. The van der Waals surface area contributed by atoms with Crippen molar-refractivity contribution in [2.24, 2.45) is 0 Å². The first-order chi connectivity index (χ1) is 28.3. The Balaban J connectivity index is 1.10. The van der Waals surface area contributed by atoms with Crippen LogP contribution in [0.1, 0.15) is 0 Å². The molecule has 1 heteroatoms. The first kappa shape index (κ1) is 31.8. The van der Waals surface area contributed by atoms with Crippen molar-refractivity contribution in [3.63, 3.8) is 0 Å². The van der Waals surface area contributed by atoms with Crippen LogP contribution in [0.4, 0.5) is 0 Å². The molecule has 0 spiro atoms. The number of furan rings is 1. The number of benzene rings is 11. The monoisotopic (exact) mass is 722 g/mol. The largest absolute Gasteiger partial charge is 0.455 e. The van der Waals surface area contributed by atoms with Gasteiger partial charge in [-0.3, -0.25) is 0 Å². The Bertz CT molecular complexity index is 3460. The van der Waals surface area contributed by atoms with Crippen molar-refractivity contribution in [3.8, 4) is 44.5 Å². The summed E-state index contributed by atoms with van der Waals surface area (Å²) < 4.78 is 6.94. The van der Waals surface area contributed by atoms with Crippen LogP contribution in [0.2, 0.25) is 0 Å². The van der Waals surface area contributed by atoms with Crippen molar-refractivity contribution >= 4 is 75.8 Å². The molecule has 264 valence electrons. The van der Waals surface area contributed by atoms with Crippen molar-refractivity contribution < 1.29 is 4.42 Å². The average molecular weight is 723 g/mol. The van der Waals surface area contributed by atoms with E-state index < -0.39 is 0 Å². The van der Waals surface area contributed by atoms with Gasteiger partial charge in [-0.25, -0.2) is 0 Å². The summed E-state index contributed by atoms with van der Waals surface area (Å²) in [5.41, 5.74) is 11.5. The first-order valence-electron chi connectivity index (χ1n) is 19.7. The van der Waals surface area contributed by atoms with Gasteiger partial charge in [0.2, 0.25) is 0 Å². The third-order valence-corrected chi connectivity index (χ3v) is 12.0. The van der Waals surface area contributed by atoms with Gasteiger partial charge in [-0.15, -0.1) is 0 Å². The molecule has 0 aliphatic heterocycles. The van der Waals surface area contributed by atoms with Crippen molar-refractivity contribution in [1.82, 2.24) is 0 Å². The molecule has 57 heavy (non-hydrogen) atoms. The smallest absolute Gasteiger partial charge is 0.143 e. The molecule has 11 aromatic carbocycles. The van der Waals surface area contributed by atoms with Gasteiger partial charge in [0, 0.05) is 21.9 Å². The normalized spacial score (nSPS) is 11.9. The van der Waals surface area contributed by atoms with Gasteiger partial charge in [0.1, 0.15) is 11.2 Å². The van der Waals surface area contributed by atoms with E-state index in [1.165, 1.54) is 92.8 Å².